The summed E-state index contributed by atoms with van der Waals surface area (Å²) in [4.78, 5) is 2.71. The van der Waals surface area contributed by atoms with Crippen LogP contribution in [0.1, 0.15) is 39.0 Å². The molecule has 0 bridgehead atoms. The van der Waals surface area contributed by atoms with Gasteiger partial charge in [-0.2, -0.15) is 0 Å². The van der Waals surface area contributed by atoms with Crippen molar-refractivity contribution in [3.63, 3.8) is 0 Å². The van der Waals surface area contributed by atoms with E-state index >= 15 is 0 Å². The molecule has 0 aromatic heterocycles. The Labute approximate surface area is 63.4 Å². The summed E-state index contributed by atoms with van der Waals surface area (Å²) >= 11 is 0. The Hall–Kier alpha value is -0.0400. The summed E-state index contributed by atoms with van der Waals surface area (Å²) in [6.07, 6.45) is 7.32. The van der Waals surface area contributed by atoms with Crippen LogP contribution in [-0.4, -0.2) is 23.5 Å². The fourth-order valence-electron chi connectivity index (χ4n) is 2.22. The maximum absolute atomic E-state index is 2.71. The van der Waals surface area contributed by atoms with Crippen LogP contribution < -0.4 is 0 Å². The molecule has 0 radical (unpaired) electrons. The largest absolute Gasteiger partial charge is 0.298 e. The summed E-state index contributed by atoms with van der Waals surface area (Å²) in [6, 6.07) is 1.88. The number of rotatable bonds is 1. The van der Waals surface area contributed by atoms with Crippen molar-refractivity contribution in [1.82, 2.24) is 4.90 Å². The van der Waals surface area contributed by atoms with Gasteiger partial charge in [0.05, 0.1) is 0 Å². The van der Waals surface area contributed by atoms with E-state index in [1.807, 2.05) is 0 Å². The molecule has 0 aromatic carbocycles. The Morgan fingerprint density at radius 1 is 1.10 bits per heavy atom. The summed E-state index contributed by atoms with van der Waals surface area (Å²) in [7, 11) is 0. The van der Waals surface area contributed by atoms with Crippen LogP contribution in [0.15, 0.2) is 0 Å². The molecule has 0 aromatic rings. The van der Waals surface area contributed by atoms with E-state index in [1.165, 1.54) is 38.6 Å². The van der Waals surface area contributed by atoms with Gasteiger partial charge in [0.2, 0.25) is 0 Å². The van der Waals surface area contributed by atoms with Crippen molar-refractivity contribution in [3.8, 4) is 0 Å². The molecular weight excluding hydrogens is 122 g/mol. The van der Waals surface area contributed by atoms with Crippen molar-refractivity contribution in [2.75, 3.05) is 6.54 Å². The second kappa shape index (κ2) is 2.54. The van der Waals surface area contributed by atoms with Crippen LogP contribution in [0.2, 0.25) is 0 Å². The zero-order chi connectivity index (χ0) is 6.97. The third-order valence-electron chi connectivity index (χ3n) is 3.15. The van der Waals surface area contributed by atoms with Crippen LogP contribution in [-0.2, 0) is 0 Å². The summed E-state index contributed by atoms with van der Waals surface area (Å²) in [5, 5.41) is 0. The highest BCUT2D eigenvalue weighted by atomic mass is 15.2. The molecule has 0 N–H and O–H groups in total. The van der Waals surface area contributed by atoms with Gasteiger partial charge in [-0.05, 0) is 39.2 Å². The Bertz CT molecular complexity index is 118. The van der Waals surface area contributed by atoms with Gasteiger partial charge < -0.3 is 0 Å². The van der Waals surface area contributed by atoms with E-state index in [2.05, 4.69) is 11.8 Å². The molecule has 2 rings (SSSR count). The zero-order valence-electron chi connectivity index (χ0n) is 6.84. The van der Waals surface area contributed by atoms with Crippen molar-refractivity contribution < 1.29 is 0 Å². The molecule has 2 fully saturated rings. The SMILES string of the molecule is C[C@H]1CCCN1C1CCC1. The summed E-state index contributed by atoms with van der Waals surface area (Å²) in [5.41, 5.74) is 0. The van der Waals surface area contributed by atoms with Gasteiger partial charge >= 0.3 is 0 Å². The van der Waals surface area contributed by atoms with E-state index in [0.717, 1.165) is 12.1 Å². The van der Waals surface area contributed by atoms with Crippen LogP contribution in [0.3, 0.4) is 0 Å². The van der Waals surface area contributed by atoms with Crippen LogP contribution in [0.5, 0.6) is 0 Å². The zero-order valence-corrected chi connectivity index (χ0v) is 6.84. The van der Waals surface area contributed by atoms with Crippen LogP contribution >= 0.6 is 0 Å². The van der Waals surface area contributed by atoms with Crippen molar-refractivity contribution in [1.29, 1.82) is 0 Å². The average Bonchev–Trinajstić information content (AvgIpc) is 2.12. The minimum atomic E-state index is 0.894. The number of hydrogen-bond donors (Lipinski definition) is 0. The second-order valence-electron chi connectivity index (χ2n) is 3.81. The molecule has 1 aliphatic heterocycles. The Balaban J connectivity index is 1.90. The molecule has 1 atom stereocenters. The summed E-state index contributed by atoms with van der Waals surface area (Å²) in [5.74, 6) is 0. The molecule has 1 heteroatoms. The van der Waals surface area contributed by atoms with Gasteiger partial charge in [0, 0.05) is 12.1 Å². The smallest absolute Gasteiger partial charge is 0.00980 e. The summed E-state index contributed by atoms with van der Waals surface area (Å²) in [6.45, 7) is 3.76. The molecule has 0 amide bonds. The van der Waals surface area contributed by atoms with Crippen LogP contribution in [0.25, 0.3) is 0 Å². The molecule has 1 saturated heterocycles. The van der Waals surface area contributed by atoms with E-state index in [0.29, 0.717) is 0 Å². The lowest BCUT2D eigenvalue weighted by Crippen LogP contribution is -2.41. The van der Waals surface area contributed by atoms with Gasteiger partial charge in [-0.25, -0.2) is 0 Å². The van der Waals surface area contributed by atoms with Gasteiger partial charge in [-0.3, -0.25) is 4.90 Å². The minimum absolute atomic E-state index is 0.894. The average molecular weight is 139 g/mol. The maximum atomic E-state index is 2.71. The first-order valence-electron chi connectivity index (χ1n) is 4.63. The molecule has 2 aliphatic rings. The second-order valence-corrected chi connectivity index (χ2v) is 3.81. The van der Waals surface area contributed by atoms with E-state index in [4.69, 9.17) is 0 Å². The van der Waals surface area contributed by atoms with Gasteiger partial charge in [0.25, 0.3) is 0 Å². The van der Waals surface area contributed by atoms with Crippen LogP contribution in [0.4, 0.5) is 0 Å². The lowest BCUT2D eigenvalue weighted by Gasteiger charge is -2.37. The van der Waals surface area contributed by atoms with Crippen molar-refractivity contribution >= 4 is 0 Å². The van der Waals surface area contributed by atoms with E-state index in [1.54, 1.807) is 0 Å². The molecular formula is C9H17N. The quantitative estimate of drug-likeness (QED) is 0.537. The molecule has 0 unspecified atom stereocenters. The highest BCUT2D eigenvalue weighted by molar-refractivity contribution is 4.86. The van der Waals surface area contributed by atoms with Gasteiger partial charge in [0.1, 0.15) is 0 Å². The first-order chi connectivity index (χ1) is 4.88. The molecule has 1 heterocycles. The minimum Gasteiger partial charge on any atom is -0.298 e. The Morgan fingerprint density at radius 3 is 2.30 bits per heavy atom. The van der Waals surface area contributed by atoms with E-state index in [-0.39, 0.29) is 0 Å². The number of nitrogens with zero attached hydrogens (tertiary/aromatic N) is 1. The Kier molecular flexibility index (Phi) is 1.69. The monoisotopic (exact) mass is 139 g/mol. The third kappa shape index (κ3) is 0.968. The van der Waals surface area contributed by atoms with Crippen LogP contribution in [0, 0.1) is 0 Å². The van der Waals surface area contributed by atoms with Gasteiger partial charge in [-0.1, -0.05) is 6.42 Å². The van der Waals surface area contributed by atoms with E-state index in [9.17, 15) is 0 Å². The fourth-order valence-corrected chi connectivity index (χ4v) is 2.22. The third-order valence-corrected chi connectivity index (χ3v) is 3.15. The lowest BCUT2D eigenvalue weighted by atomic mass is 9.91. The van der Waals surface area contributed by atoms with Gasteiger partial charge in [0.15, 0.2) is 0 Å². The number of hydrogen-bond acceptors (Lipinski definition) is 1. The Morgan fingerprint density at radius 2 is 1.90 bits per heavy atom. The molecule has 0 spiro atoms. The molecule has 1 nitrogen and oxygen atoms in total. The highest BCUT2D eigenvalue weighted by Gasteiger charge is 2.30. The molecule has 58 valence electrons. The maximum Gasteiger partial charge on any atom is 0.00980 e. The fraction of sp³-hybridized carbons (Fsp3) is 1.00. The topological polar surface area (TPSA) is 3.24 Å². The predicted molar refractivity (Wildman–Crippen MR) is 43.0 cm³/mol. The normalized spacial score (nSPS) is 36.3. The molecule has 10 heavy (non-hydrogen) atoms. The standard InChI is InChI=1S/C9H17N/c1-8-4-3-7-10(8)9-5-2-6-9/h8-9H,2-7H2,1H3/t8-/m0/s1. The molecule has 1 saturated carbocycles. The lowest BCUT2D eigenvalue weighted by molar-refractivity contribution is 0.122. The van der Waals surface area contributed by atoms with Crippen molar-refractivity contribution in [2.45, 2.75) is 51.1 Å². The predicted octanol–water partition coefficient (Wildman–Crippen LogP) is 2.02. The van der Waals surface area contributed by atoms with E-state index < -0.39 is 0 Å². The summed E-state index contributed by atoms with van der Waals surface area (Å²) < 4.78 is 0. The van der Waals surface area contributed by atoms with Crippen molar-refractivity contribution in [3.05, 3.63) is 0 Å². The van der Waals surface area contributed by atoms with Crippen molar-refractivity contribution in [2.24, 2.45) is 0 Å². The first kappa shape index (κ1) is 6.66. The molecule has 1 aliphatic carbocycles. The first-order valence-corrected chi connectivity index (χ1v) is 4.63. The number of likely N-dealkylation sites (tertiary alicyclic amines) is 1. The highest BCUT2D eigenvalue weighted by Crippen LogP contribution is 2.30. The van der Waals surface area contributed by atoms with Gasteiger partial charge in [-0.15, -0.1) is 0 Å².